The van der Waals surface area contributed by atoms with Crippen LogP contribution in [0.15, 0.2) is 36.7 Å². The van der Waals surface area contributed by atoms with Gasteiger partial charge in [0.2, 0.25) is 5.91 Å². The second-order valence-corrected chi connectivity index (χ2v) is 11.2. The molecular formula is C28H38ClN5O3. The number of ether oxygens (including phenoxy) is 2. The van der Waals surface area contributed by atoms with Crippen LogP contribution in [-0.4, -0.2) is 85.6 Å². The van der Waals surface area contributed by atoms with Gasteiger partial charge in [0, 0.05) is 73.9 Å². The molecule has 4 rings (SSSR count). The number of carbonyl (C=O) groups excluding carboxylic acids is 1. The van der Waals surface area contributed by atoms with Gasteiger partial charge in [-0.1, -0.05) is 32.4 Å². The van der Waals surface area contributed by atoms with E-state index in [0.29, 0.717) is 23.1 Å². The molecule has 2 aromatic heterocycles. The van der Waals surface area contributed by atoms with Crippen LogP contribution >= 0.6 is 11.6 Å². The van der Waals surface area contributed by atoms with Gasteiger partial charge in [-0.2, -0.15) is 0 Å². The Balaban J connectivity index is 1.55. The van der Waals surface area contributed by atoms with Gasteiger partial charge in [0.25, 0.3) is 0 Å². The largest absolute Gasteiger partial charge is 0.495 e. The standard InChI is InChI=1S/C28H38ClN5O3/c1-28(2,3)27(35)33-13-11-32(12-14-33)20-8-10-34-19-23(30-26(34)16-20)21-17-22(29)25(36-6)18-24(21)37-15-7-9-31(4)5/h8,10,16-19H,7,9,11-15H2,1-6H3. The number of piperazine rings is 1. The topological polar surface area (TPSA) is 62.6 Å². The number of fused-ring (bicyclic) bond motifs is 1. The van der Waals surface area contributed by atoms with Crippen molar-refractivity contribution in [3.63, 3.8) is 0 Å². The van der Waals surface area contributed by atoms with Crippen LogP contribution in [0.4, 0.5) is 5.69 Å². The molecular weight excluding hydrogens is 490 g/mol. The quantitative estimate of drug-likeness (QED) is 0.396. The summed E-state index contributed by atoms with van der Waals surface area (Å²) in [4.78, 5) is 24.0. The van der Waals surface area contributed by atoms with Gasteiger partial charge in [-0.3, -0.25) is 4.79 Å². The zero-order valence-electron chi connectivity index (χ0n) is 22.8. The van der Waals surface area contributed by atoms with Crippen molar-refractivity contribution in [1.82, 2.24) is 19.2 Å². The summed E-state index contributed by atoms with van der Waals surface area (Å²) in [6.45, 7) is 10.5. The fourth-order valence-electron chi connectivity index (χ4n) is 4.51. The number of anilines is 1. The van der Waals surface area contributed by atoms with Gasteiger partial charge in [0.15, 0.2) is 0 Å². The molecule has 9 heteroatoms. The number of rotatable bonds is 8. The van der Waals surface area contributed by atoms with E-state index in [2.05, 4.69) is 21.9 Å². The molecule has 0 unspecified atom stereocenters. The molecule has 200 valence electrons. The Morgan fingerprint density at radius 2 is 1.84 bits per heavy atom. The first kappa shape index (κ1) is 27.1. The average Bonchev–Trinajstić information content (AvgIpc) is 3.29. The lowest BCUT2D eigenvalue weighted by Gasteiger charge is -2.38. The number of halogens is 1. The van der Waals surface area contributed by atoms with Crippen molar-refractivity contribution < 1.29 is 14.3 Å². The first-order valence-electron chi connectivity index (χ1n) is 12.8. The summed E-state index contributed by atoms with van der Waals surface area (Å²) in [5.74, 6) is 1.48. The maximum atomic E-state index is 12.6. The van der Waals surface area contributed by atoms with Crippen molar-refractivity contribution in [3.8, 4) is 22.8 Å². The summed E-state index contributed by atoms with van der Waals surface area (Å²) in [7, 11) is 5.70. The molecule has 1 amide bonds. The van der Waals surface area contributed by atoms with Gasteiger partial charge >= 0.3 is 0 Å². The van der Waals surface area contributed by atoms with Crippen LogP contribution in [0.5, 0.6) is 11.5 Å². The van der Waals surface area contributed by atoms with E-state index in [4.69, 9.17) is 26.1 Å². The Labute approximate surface area is 224 Å². The van der Waals surface area contributed by atoms with Gasteiger partial charge in [0.05, 0.1) is 24.4 Å². The van der Waals surface area contributed by atoms with Gasteiger partial charge in [0.1, 0.15) is 17.1 Å². The lowest BCUT2D eigenvalue weighted by Crippen LogP contribution is -2.51. The molecule has 3 heterocycles. The molecule has 3 aromatic rings. The molecule has 1 aromatic carbocycles. The molecule has 1 aliphatic heterocycles. The summed E-state index contributed by atoms with van der Waals surface area (Å²) in [6.07, 6.45) is 4.92. The van der Waals surface area contributed by atoms with Gasteiger partial charge in [-0.05, 0) is 32.6 Å². The van der Waals surface area contributed by atoms with Crippen molar-refractivity contribution >= 4 is 28.8 Å². The molecule has 0 bridgehead atoms. The molecule has 0 N–H and O–H groups in total. The third kappa shape index (κ3) is 6.30. The Bertz CT molecular complexity index is 1240. The van der Waals surface area contributed by atoms with Crippen molar-refractivity contribution in [2.75, 3.05) is 65.4 Å². The first-order valence-corrected chi connectivity index (χ1v) is 13.1. The van der Waals surface area contributed by atoms with E-state index in [9.17, 15) is 4.79 Å². The van der Waals surface area contributed by atoms with Gasteiger partial charge in [-0.15, -0.1) is 0 Å². The minimum atomic E-state index is -0.355. The zero-order chi connectivity index (χ0) is 26.7. The molecule has 0 radical (unpaired) electrons. The second kappa shape index (κ2) is 11.2. The fourth-order valence-corrected chi connectivity index (χ4v) is 4.75. The number of amides is 1. The van der Waals surface area contributed by atoms with Crippen molar-refractivity contribution in [2.45, 2.75) is 27.2 Å². The number of methoxy groups -OCH3 is 1. The van der Waals surface area contributed by atoms with E-state index in [-0.39, 0.29) is 11.3 Å². The Kier molecular flexibility index (Phi) is 8.19. The van der Waals surface area contributed by atoms with Crippen LogP contribution in [0.2, 0.25) is 5.02 Å². The number of benzene rings is 1. The Morgan fingerprint density at radius 3 is 2.49 bits per heavy atom. The normalized spacial score (nSPS) is 14.5. The average molecular weight is 528 g/mol. The fraction of sp³-hybridized carbons (Fsp3) is 0.500. The van der Waals surface area contributed by atoms with Crippen LogP contribution in [0.3, 0.4) is 0 Å². The van der Waals surface area contributed by atoms with Crippen molar-refractivity contribution in [2.24, 2.45) is 5.41 Å². The minimum absolute atomic E-state index is 0.207. The van der Waals surface area contributed by atoms with Crippen molar-refractivity contribution in [3.05, 3.63) is 41.7 Å². The van der Waals surface area contributed by atoms with Crippen LogP contribution in [0.1, 0.15) is 27.2 Å². The van der Waals surface area contributed by atoms with Gasteiger partial charge < -0.3 is 28.6 Å². The molecule has 0 spiro atoms. The molecule has 0 saturated carbocycles. The minimum Gasteiger partial charge on any atom is -0.495 e. The smallest absolute Gasteiger partial charge is 0.228 e. The summed E-state index contributed by atoms with van der Waals surface area (Å²) in [5.41, 5.74) is 3.19. The third-order valence-electron chi connectivity index (χ3n) is 6.55. The maximum Gasteiger partial charge on any atom is 0.228 e. The highest BCUT2D eigenvalue weighted by Crippen LogP contribution is 2.38. The second-order valence-electron chi connectivity index (χ2n) is 10.8. The van der Waals surface area contributed by atoms with Crippen LogP contribution in [0, 0.1) is 5.41 Å². The summed E-state index contributed by atoms with van der Waals surface area (Å²) >= 11 is 6.49. The van der Waals surface area contributed by atoms with E-state index in [1.165, 1.54) is 0 Å². The third-order valence-corrected chi connectivity index (χ3v) is 6.85. The lowest BCUT2D eigenvalue weighted by molar-refractivity contribution is -0.139. The monoisotopic (exact) mass is 527 g/mol. The number of nitrogens with zero attached hydrogens (tertiary/aromatic N) is 5. The van der Waals surface area contributed by atoms with E-state index in [1.807, 2.05) is 68.7 Å². The summed E-state index contributed by atoms with van der Waals surface area (Å²) < 4.78 is 13.6. The number of hydrogen-bond acceptors (Lipinski definition) is 6. The molecule has 0 aliphatic carbocycles. The highest BCUT2D eigenvalue weighted by molar-refractivity contribution is 6.32. The lowest BCUT2D eigenvalue weighted by atomic mass is 9.94. The van der Waals surface area contributed by atoms with E-state index >= 15 is 0 Å². The number of carbonyl (C=O) groups is 1. The number of hydrogen-bond donors (Lipinski definition) is 0. The SMILES string of the molecule is COc1cc(OCCCN(C)C)c(-c2cn3ccc(N4CCN(C(=O)C(C)(C)C)CC4)cc3n2)cc1Cl. The maximum absolute atomic E-state index is 12.6. The van der Waals surface area contributed by atoms with Crippen LogP contribution in [-0.2, 0) is 4.79 Å². The number of aromatic nitrogens is 2. The predicted octanol–water partition coefficient (Wildman–Crippen LogP) is 4.69. The van der Waals surface area contributed by atoms with Gasteiger partial charge in [-0.25, -0.2) is 4.98 Å². The van der Waals surface area contributed by atoms with E-state index in [0.717, 1.165) is 61.7 Å². The molecule has 37 heavy (non-hydrogen) atoms. The molecule has 8 nitrogen and oxygen atoms in total. The van der Waals surface area contributed by atoms with Crippen LogP contribution in [0.25, 0.3) is 16.9 Å². The summed E-state index contributed by atoms with van der Waals surface area (Å²) in [6, 6.07) is 7.88. The number of pyridine rings is 1. The highest BCUT2D eigenvalue weighted by atomic mass is 35.5. The Hall–Kier alpha value is -2.97. The molecule has 0 atom stereocenters. The predicted molar refractivity (Wildman–Crippen MR) is 149 cm³/mol. The molecule has 1 saturated heterocycles. The van der Waals surface area contributed by atoms with E-state index < -0.39 is 0 Å². The zero-order valence-corrected chi connectivity index (χ0v) is 23.5. The highest BCUT2D eigenvalue weighted by Gasteiger charge is 2.29. The number of imidazole rings is 1. The molecule has 1 aliphatic rings. The Morgan fingerprint density at radius 1 is 1.11 bits per heavy atom. The first-order chi connectivity index (χ1) is 17.6. The van der Waals surface area contributed by atoms with Crippen molar-refractivity contribution in [1.29, 1.82) is 0 Å². The van der Waals surface area contributed by atoms with Crippen LogP contribution < -0.4 is 14.4 Å². The van der Waals surface area contributed by atoms with E-state index in [1.54, 1.807) is 7.11 Å². The summed E-state index contributed by atoms with van der Waals surface area (Å²) in [5, 5.41) is 0.513. The molecule has 1 fully saturated rings.